The number of pyridine rings is 1. The minimum Gasteiger partial charge on any atom is -0.506 e. The van der Waals surface area contributed by atoms with Crippen molar-refractivity contribution in [2.45, 2.75) is 0 Å². The van der Waals surface area contributed by atoms with Crippen LogP contribution in [0.3, 0.4) is 0 Å². The van der Waals surface area contributed by atoms with Gasteiger partial charge in [0.25, 0.3) is 11.6 Å². The van der Waals surface area contributed by atoms with E-state index < -0.39 is 10.8 Å². The zero-order valence-corrected chi connectivity index (χ0v) is 11.7. The smallest absolute Gasteiger partial charge is 0.271 e. The molecule has 0 radical (unpaired) electrons. The first-order valence-corrected chi connectivity index (χ1v) is 6.24. The number of aromatic hydroxyl groups is 1. The molecule has 1 aromatic heterocycles. The first kappa shape index (κ1) is 15.0. The third kappa shape index (κ3) is 3.39. The Bertz CT molecular complexity index is 736. The van der Waals surface area contributed by atoms with Gasteiger partial charge in [0.15, 0.2) is 0 Å². The topological polar surface area (TPSA) is 105 Å². The number of nitro groups is 1. The van der Waals surface area contributed by atoms with Crippen molar-refractivity contribution in [2.75, 3.05) is 5.32 Å². The second-order valence-corrected chi connectivity index (χ2v) is 4.69. The van der Waals surface area contributed by atoms with E-state index in [2.05, 4.69) is 10.3 Å². The quantitative estimate of drug-likeness (QED) is 0.389. The summed E-state index contributed by atoms with van der Waals surface area (Å²) in [7, 11) is 0. The Hall–Kier alpha value is -2.38. The lowest BCUT2D eigenvalue weighted by Crippen LogP contribution is -2.13. The molecule has 0 aliphatic rings. The minimum absolute atomic E-state index is 0.0302. The maximum Gasteiger partial charge on any atom is 0.271 e. The Morgan fingerprint density at radius 2 is 2.05 bits per heavy atom. The summed E-state index contributed by atoms with van der Waals surface area (Å²) >= 11 is 11.5. The lowest BCUT2D eigenvalue weighted by atomic mass is 10.2. The number of carbonyl (C=O) groups is 1. The molecule has 0 bridgehead atoms. The van der Waals surface area contributed by atoms with Gasteiger partial charge in [-0.1, -0.05) is 23.2 Å². The van der Waals surface area contributed by atoms with Crippen LogP contribution in [0.25, 0.3) is 0 Å². The second-order valence-electron chi connectivity index (χ2n) is 3.90. The normalized spacial score (nSPS) is 10.2. The number of carbonyl (C=O) groups excluding carboxylic acids is 1. The number of hydrogen-bond donors (Lipinski definition) is 2. The third-order valence-electron chi connectivity index (χ3n) is 2.51. The molecule has 2 N–H and O–H groups in total. The number of rotatable bonds is 3. The maximum atomic E-state index is 12.1. The Balaban J connectivity index is 2.33. The van der Waals surface area contributed by atoms with E-state index in [1.165, 1.54) is 12.3 Å². The highest BCUT2D eigenvalue weighted by Crippen LogP contribution is 2.29. The summed E-state index contributed by atoms with van der Waals surface area (Å²) in [6, 6.07) is 4.49. The molecular formula is C12H7Cl2N3O4. The Labute approximate surface area is 128 Å². The standard InChI is InChI=1S/C12H7Cl2N3O4/c13-8-5-15-11(14)4-7(8)12(19)16-9-3-6(17(20)21)1-2-10(9)18/h1-5,18H,(H,16,19). The van der Waals surface area contributed by atoms with Crippen molar-refractivity contribution in [1.82, 2.24) is 4.98 Å². The van der Waals surface area contributed by atoms with Crippen LogP contribution < -0.4 is 5.32 Å². The fourth-order valence-electron chi connectivity index (χ4n) is 1.51. The lowest BCUT2D eigenvalue weighted by molar-refractivity contribution is -0.384. The minimum atomic E-state index is -0.680. The molecule has 0 aliphatic heterocycles. The Morgan fingerprint density at radius 1 is 1.33 bits per heavy atom. The zero-order chi connectivity index (χ0) is 15.6. The number of benzene rings is 1. The van der Waals surface area contributed by atoms with E-state index in [1.54, 1.807) is 0 Å². The van der Waals surface area contributed by atoms with Crippen molar-refractivity contribution < 1.29 is 14.8 Å². The molecule has 0 unspecified atom stereocenters. The molecule has 0 aliphatic carbocycles. The van der Waals surface area contributed by atoms with Crippen LogP contribution in [0, 0.1) is 10.1 Å². The fourth-order valence-corrected chi connectivity index (χ4v) is 1.86. The zero-order valence-electron chi connectivity index (χ0n) is 10.2. The van der Waals surface area contributed by atoms with Gasteiger partial charge in [-0.15, -0.1) is 0 Å². The van der Waals surface area contributed by atoms with Gasteiger partial charge in [0.05, 0.1) is 21.2 Å². The summed E-state index contributed by atoms with van der Waals surface area (Å²) in [5, 5.41) is 22.8. The van der Waals surface area contributed by atoms with E-state index in [0.717, 1.165) is 18.2 Å². The molecule has 0 saturated carbocycles. The third-order valence-corrected chi connectivity index (χ3v) is 3.01. The molecule has 7 nitrogen and oxygen atoms in total. The molecule has 1 heterocycles. The van der Waals surface area contributed by atoms with Crippen LogP contribution in [0.4, 0.5) is 11.4 Å². The molecule has 1 amide bonds. The number of hydrogen-bond acceptors (Lipinski definition) is 5. The van der Waals surface area contributed by atoms with Gasteiger partial charge in [-0.3, -0.25) is 14.9 Å². The molecule has 1 aromatic carbocycles. The average Bonchev–Trinajstić information content (AvgIpc) is 2.43. The molecule has 21 heavy (non-hydrogen) atoms. The monoisotopic (exact) mass is 327 g/mol. The van der Waals surface area contributed by atoms with Crippen molar-refractivity contribution in [3.05, 3.63) is 56.3 Å². The molecule has 9 heteroatoms. The van der Waals surface area contributed by atoms with Gasteiger partial charge in [0.1, 0.15) is 10.9 Å². The van der Waals surface area contributed by atoms with E-state index in [4.69, 9.17) is 23.2 Å². The number of nitro benzene ring substituents is 1. The summed E-state index contributed by atoms with van der Waals surface area (Å²) in [6.45, 7) is 0. The van der Waals surface area contributed by atoms with Crippen molar-refractivity contribution >= 4 is 40.5 Å². The number of aromatic nitrogens is 1. The summed E-state index contributed by atoms with van der Waals surface area (Å²) in [5.74, 6) is -0.995. The number of amides is 1. The van der Waals surface area contributed by atoms with Gasteiger partial charge < -0.3 is 10.4 Å². The van der Waals surface area contributed by atoms with E-state index in [-0.39, 0.29) is 32.9 Å². The van der Waals surface area contributed by atoms with Crippen LogP contribution in [0.1, 0.15) is 10.4 Å². The van der Waals surface area contributed by atoms with Gasteiger partial charge in [-0.25, -0.2) is 4.98 Å². The first-order chi connectivity index (χ1) is 9.88. The number of phenolic OH excluding ortho intramolecular Hbond substituents is 1. The van der Waals surface area contributed by atoms with Crippen molar-refractivity contribution in [2.24, 2.45) is 0 Å². The number of non-ortho nitro benzene ring substituents is 1. The molecule has 0 atom stereocenters. The number of nitrogens with one attached hydrogen (secondary N) is 1. The molecule has 2 rings (SSSR count). The predicted molar refractivity (Wildman–Crippen MR) is 77.0 cm³/mol. The highest BCUT2D eigenvalue weighted by atomic mass is 35.5. The van der Waals surface area contributed by atoms with E-state index in [9.17, 15) is 20.0 Å². The molecule has 0 spiro atoms. The average molecular weight is 328 g/mol. The van der Waals surface area contributed by atoms with Crippen LogP contribution >= 0.6 is 23.2 Å². The van der Waals surface area contributed by atoms with Crippen molar-refractivity contribution in [1.29, 1.82) is 0 Å². The molecule has 0 saturated heterocycles. The molecular weight excluding hydrogens is 321 g/mol. The van der Waals surface area contributed by atoms with Crippen LogP contribution in [0.2, 0.25) is 10.2 Å². The van der Waals surface area contributed by atoms with E-state index >= 15 is 0 Å². The lowest BCUT2D eigenvalue weighted by Gasteiger charge is -2.08. The van der Waals surface area contributed by atoms with Gasteiger partial charge in [0, 0.05) is 18.3 Å². The first-order valence-electron chi connectivity index (χ1n) is 5.48. The summed E-state index contributed by atoms with van der Waals surface area (Å²) in [5.41, 5.74) is -0.359. The summed E-state index contributed by atoms with van der Waals surface area (Å²) in [4.78, 5) is 25.8. The van der Waals surface area contributed by atoms with Crippen LogP contribution in [-0.4, -0.2) is 20.9 Å². The van der Waals surface area contributed by atoms with E-state index in [1.807, 2.05) is 0 Å². The number of nitrogens with zero attached hydrogens (tertiary/aromatic N) is 2. The fraction of sp³-hybridized carbons (Fsp3) is 0. The summed E-state index contributed by atoms with van der Waals surface area (Å²) in [6.07, 6.45) is 1.20. The highest BCUT2D eigenvalue weighted by molar-refractivity contribution is 6.35. The van der Waals surface area contributed by atoms with Crippen LogP contribution in [0.5, 0.6) is 5.75 Å². The largest absolute Gasteiger partial charge is 0.506 e. The number of halogens is 2. The van der Waals surface area contributed by atoms with Crippen molar-refractivity contribution in [3.8, 4) is 5.75 Å². The maximum absolute atomic E-state index is 12.1. The van der Waals surface area contributed by atoms with Crippen molar-refractivity contribution in [3.63, 3.8) is 0 Å². The number of phenols is 1. The number of anilines is 1. The van der Waals surface area contributed by atoms with Gasteiger partial charge >= 0.3 is 0 Å². The molecule has 2 aromatic rings. The Kier molecular flexibility index (Phi) is 4.25. The highest BCUT2D eigenvalue weighted by Gasteiger charge is 2.16. The SMILES string of the molecule is O=C(Nc1cc([N+](=O)[O-])ccc1O)c1cc(Cl)ncc1Cl. The predicted octanol–water partition coefficient (Wildman–Crippen LogP) is 3.25. The van der Waals surface area contributed by atoms with E-state index in [0.29, 0.717) is 0 Å². The Morgan fingerprint density at radius 3 is 2.71 bits per heavy atom. The summed E-state index contributed by atoms with van der Waals surface area (Å²) < 4.78 is 0. The van der Waals surface area contributed by atoms with Gasteiger partial charge in [0.2, 0.25) is 0 Å². The second kappa shape index (κ2) is 5.94. The van der Waals surface area contributed by atoms with Crippen LogP contribution in [-0.2, 0) is 0 Å². The van der Waals surface area contributed by atoms with Crippen LogP contribution in [0.15, 0.2) is 30.5 Å². The van der Waals surface area contributed by atoms with Gasteiger partial charge in [-0.2, -0.15) is 0 Å². The van der Waals surface area contributed by atoms with Gasteiger partial charge in [-0.05, 0) is 12.1 Å². The molecule has 0 fully saturated rings. The molecule has 108 valence electrons.